The third kappa shape index (κ3) is 6.15. The second-order valence-corrected chi connectivity index (χ2v) is 13.5. The zero-order chi connectivity index (χ0) is 30.9. The van der Waals surface area contributed by atoms with Gasteiger partial charge in [-0.1, -0.05) is 36.8 Å². The summed E-state index contributed by atoms with van der Waals surface area (Å²) in [4.78, 5) is 21.5. The standard InChI is InChI=1S/C36H46F2N4O2/c1-4-34(43)44-33-10-6-9-32(33)36(25-41-20-17-39-27(41)3,29-7-5-8-30(37)21-29)28-15-18-40(19-16-28)22-35(38)23-42(24-35)31-13-11-26(2)12-14-31/h5,7-8,11-14,17,20-21,28,32-33H,4,6,9-10,15-16,18-19,22-25H2,1-3H3/t32-,33-,36-/m0/s1. The highest BCUT2D eigenvalue weighted by Crippen LogP contribution is 2.52. The second kappa shape index (κ2) is 12.6. The van der Waals surface area contributed by atoms with E-state index in [0.29, 0.717) is 32.6 Å². The lowest BCUT2D eigenvalue weighted by molar-refractivity contribution is -0.152. The van der Waals surface area contributed by atoms with E-state index in [-0.39, 0.29) is 29.7 Å². The summed E-state index contributed by atoms with van der Waals surface area (Å²) in [6.07, 6.45) is 8.37. The Morgan fingerprint density at radius 3 is 2.48 bits per heavy atom. The molecule has 3 fully saturated rings. The summed E-state index contributed by atoms with van der Waals surface area (Å²) >= 11 is 0. The van der Waals surface area contributed by atoms with E-state index < -0.39 is 11.1 Å². The maximum Gasteiger partial charge on any atom is 0.305 e. The molecule has 1 aromatic heterocycles. The van der Waals surface area contributed by atoms with Crippen molar-refractivity contribution in [2.24, 2.45) is 11.8 Å². The Kier molecular flexibility index (Phi) is 8.82. The van der Waals surface area contributed by atoms with Gasteiger partial charge in [0.2, 0.25) is 0 Å². The summed E-state index contributed by atoms with van der Waals surface area (Å²) in [5, 5.41) is 0. The molecule has 0 spiro atoms. The predicted molar refractivity (Wildman–Crippen MR) is 169 cm³/mol. The number of ether oxygens (including phenoxy) is 1. The fourth-order valence-electron chi connectivity index (χ4n) is 8.31. The molecule has 3 aliphatic rings. The molecule has 236 valence electrons. The largest absolute Gasteiger partial charge is 0.462 e. The smallest absolute Gasteiger partial charge is 0.305 e. The van der Waals surface area contributed by atoms with Crippen LogP contribution in [-0.4, -0.2) is 64.9 Å². The van der Waals surface area contributed by atoms with Crippen LogP contribution in [0.4, 0.5) is 14.5 Å². The number of imidazole rings is 1. The van der Waals surface area contributed by atoms with Crippen LogP contribution in [-0.2, 0) is 21.5 Å². The second-order valence-electron chi connectivity index (χ2n) is 13.5. The predicted octanol–water partition coefficient (Wildman–Crippen LogP) is 6.64. The van der Waals surface area contributed by atoms with Crippen LogP contribution in [0.25, 0.3) is 0 Å². The molecule has 0 bridgehead atoms. The summed E-state index contributed by atoms with van der Waals surface area (Å²) in [6, 6.07) is 15.4. The van der Waals surface area contributed by atoms with Gasteiger partial charge in [-0.3, -0.25) is 9.69 Å². The Hall–Kier alpha value is -3.26. The lowest BCUT2D eigenvalue weighted by atomic mass is 9.58. The Labute approximate surface area is 260 Å². The van der Waals surface area contributed by atoms with Gasteiger partial charge in [0.05, 0.1) is 13.1 Å². The van der Waals surface area contributed by atoms with E-state index in [9.17, 15) is 9.18 Å². The Morgan fingerprint density at radius 2 is 1.82 bits per heavy atom. The van der Waals surface area contributed by atoms with Crippen LogP contribution in [0.3, 0.4) is 0 Å². The lowest BCUT2D eigenvalue weighted by Crippen LogP contribution is -2.64. The summed E-state index contributed by atoms with van der Waals surface area (Å²) in [5.74, 6) is 0.715. The number of hydrogen-bond acceptors (Lipinski definition) is 5. The number of piperidine rings is 1. The first-order valence-corrected chi connectivity index (χ1v) is 16.4. The number of carbonyl (C=O) groups excluding carboxylic acids is 1. The van der Waals surface area contributed by atoms with Crippen molar-refractivity contribution >= 4 is 11.7 Å². The van der Waals surface area contributed by atoms with Gasteiger partial charge < -0.3 is 14.2 Å². The van der Waals surface area contributed by atoms with Crippen molar-refractivity contribution in [2.45, 2.75) is 83.0 Å². The highest BCUT2D eigenvalue weighted by atomic mass is 19.1. The maximum absolute atomic E-state index is 15.9. The Morgan fingerprint density at radius 1 is 1.07 bits per heavy atom. The lowest BCUT2D eigenvalue weighted by Gasteiger charge is -2.52. The van der Waals surface area contributed by atoms with Gasteiger partial charge >= 0.3 is 5.97 Å². The van der Waals surface area contributed by atoms with Gasteiger partial charge in [0.15, 0.2) is 5.67 Å². The first-order chi connectivity index (χ1) is 21.2. The topological polar surface area (TPSA) is 50.6 Å². The molecule has 2 saturated heterocycles. The van der Waals surface area contributed by atoms with Gasteiger partial charge in [0.1, 0.15) is 17.7 Å². The molecule has 1 saturated carbocycles. The SMILES string of the molecule is CCC(=O)O[C@H]1CCC[C@@H]1[C@](Cn1ccnc1C)(c1cccc(F)c1)C1CCN(CC2(F)CN(c3ccc(C)cc3)C2)CC1. The number of rotatable bonds is 10. The highest BCUT2D eigenvalue weighted by Gasteiger charge is 2.54. The molecule has 6 rings (SSSR count). The van der Waals surface area contributed by atoms with Gasteiger partial charge in [0, 0.05) is 48.9 Å². The molecule has 6 nitrogen and oxygen atoms in total. The normalized spacial score (nSPS) is 23.7. The molecule has 0 radical (unpaired) electrons. The van der Waals surface area contributed by atoms with Crippen molar-refractivity contribution in [3.63, 3.8) is 0 Å². The van der Waals surface area contributed by atoms with Crippen molar-refractivity contribution < 1.29 is 18.3 Å². The van der Waals surface area contributed by atoms with Crippen LogP contribution in [0.15, 0.2) is 60.9 Å². The molecular weight excluding hydrogens is 558 g/mol. The van der Waals surface area contributed by atoms with E-state index in [1.54, 1.807) is 12.1 Å². The minimum absolute atomic E-state index is 0.0420. The summed E-state index contributed by atoms with van der Waals surface area (Å²) in [5.41, 5.74) is 1.54. The number of nitrogens with zero attached hydrogens (tertiary/aromatic N) is 4. The monoisotopic (exact) mass is 604 g/mol. The third-order valence-electron chi connectivity index (χ3n) is 10.6. The zero-order valence-corrected chi connectivity index (χ0v) is 26.4. The first-order valence-electron chi connectivity index (χ1n) is 16.4. The minimum Gasteiger partial charge on any atom is -0.462 e. The van der Waals surface area contributed by atoms with Crippen LogP contribution >= 0.6 is 0 Å². The van der Waals surface area contributed by atoms with E-state index >= 15 is 4.39 Å². The zero-order valence-electron chi connectivity index (χ0n) is 26.4. The molecule has 2 aromatic carbocycles. The molecule has 3 atom stereocenters. The quantitative estimate of drug-likeness (QED) is 0.243. The number of benzene rings is 2. The van der Waals surface area contributed by atoms with Crippen molar-refractivity contribution in [1.29, 1.82) is 0 Å². The molecule has 44 heavy (non-hydrogen) atoms. The fraction of sp³-hybridized carbons (Fsp3) is 0.556. The molecule has 3 heterocycles. The van der Waals surface area contributed by atoms with E-state index in [1.807, 2.05) is 26.2 Å². The van der Waals surface area contributed by atoms with Crippen molar-refractivity contribution in [2.75, 3.05) is 37.6 Å². The van der Waals surface area contributed by atoms with E-state index in [2.05, 4.69) is 56.6 Å². The molecule has 0 N–H and O–H groups in total. The first kappa shape index (κ1) is 30.8. The number of esters is 1. The molecule has 1 aliphatic carbocycles. The number of halogens is 2. The van der Waals surface area contributed by atoms with Crippen LogP contribution in [0.2, 0.25) is 0 Å². The maximum atomic E-state index is 15.9. The molecular formula is C36H46F2N4O2. The number of aromatic nitrogens is 2. The summed E-state index contributed by atoms with van der Waals surface area (Å²) in [7, 11) is 0. The van der Waals surface area contributed by atoms with Gasteiger partial charge in [-0.25, -0.2) is 13.8 Å². The van der Waals surface area contributed by atoms with E-state index in [0.717, 1.165) is 62.3 Å². The minimum atomic E-state index is -1.23. The van der Waals surface area contributed by atoms with Crippen LogP contribution < -0.4 is 4.90 Å². The van der Waals surface area contributed by atoms with Crippen LogP contribution in [0, 0.1) is 31.5 Å². The molecule has 3 aromatic rings. The van der Waals surface area contributed by atoms with Crippen molar-refractivity contribution in [3.8, 4) is 0 Å². The van der Waals surface area contributed by atoms with Crippen molar-refractivity contribution in [3.05, 3.63) is 83.7 Å². The number of hydrogen-bond donors (Lipinski definition) is 0. The average molecular weight is 605 g/mol. The molecule has 0 unspecified atom stereocenters. The number of likely N-dealkylation sites (tertiary alicyclic amines) is 1. The van der Waals surface area contributed by atoms with Crippen LogP contribution in [0.5, 0.6) is 0 Å². The summed E-state index contributed by atoms with van der Waals surface area (Å²) < 4.78 is 39.2. The van der Waals surface area contributed by atoms with E-state index in [4.69, 9.17) is 4.74 Å². The van der Waals surface area contributed by atoms with E-state index in [1.165, 1.54) is 11.6 Å². The average Bonchev–Trinajstić information content (AvgIpc) is 3.64. The van der Waals surface area contributed by atoms with Gasteiger partial charge in [0.25, 0.3) is 0 Å². The van der Waals surface area contributed by atoms with Gasteiger partial charge in [-0.15, -0.1) is 0 Å². The van der Waals surface area contributed by atoms with Gasteiger partial charge in [-0.2, -0.15) is 0 Å². The third-order valence-corrected chi connectivity index (χ3v) is 10.6. The molecule has 2 aliphatic heterocycles. The number of anilines is 1. The summed E-state index contributed by atoms with van der Waals surface area (Å²) in [6.45, 7) is 9.35. The number of carbonyl (C=O) groups is 1. The molecule has 0 amide bonds. The number of alkyl halides is 1. The van der Waals surface area contributed by atoms with Gasteiger partial charge in [-0.05, 0) is 94.8 Å². The Balaban J connectivity index is 1.25. The number of aryl methyl sites for hydroxylation is 2. The molecule has 8 heteroatoms. The fourth-order valence-corrected chi connectivity index (χ4v) is 8.31. The van der Waals surface area contributed by atoms with Crippen LogP contribution in [0.1, 0.15) is 62.4 Å². The van der Waals surface area contributed by atoms with Crippen molar-refractivity contribution in [1.82, 2.24) is 14.5 Å². The highest BCUT2D eigenvalue weighted by molar-refractivity contribution is 5.69. The Bertz CT molecular complexity index is 1430.